The van der Waals surface area contributed by atoms with Crippen LogP contribution < -0.4 is 10.3 Å². The molecule has 5 heteroatoms. The minimum Gasteiger partial charge on any atom is -0.456 e. The van der Waals surface area contributed by atoms with E-state index in [4.69, 9.17) is 14.9 Å². The Hall–Kier alpha value is -7.24. The van der Waals surface area contributed by atoms with Gasteiger partial charge < -0.3 is 9.32 Å². The molecule has 1 aromatic heterocycles. The first kappa shape index (κ1) is 30.6. The molecule has 53 heavy (non-hydrogen) atoms. The number of hydrogen-bond donors (Lipinski definition) is 2. The number of furan rings is 1. The molecule has 1 heterocycles. The van der Waals surface area contributed by atoms with Crippen molar-refractivity contribution in [3.05, 3.63) is 187 Å². The van der Waals surface area contributed by atoms with Gasteiger partial charge in [0.2, 0.25) is 0 Å². The largest absolute Gasteiger partial charge is 0.456 e. The van der Waals surface area contributed by atoms with E-state index in [-0.39, 0.29) is 0 Å². The van der Waals surface area contributed by atoms with Gasteiger partial charge in [0.1, 0.15) is 16.9 Å². The van der Waals surface area contributed by atoms with E-state index in [1.165, 1.54) is 10.8 Å². The molecular weight excluding hydrogens is 649 g/mol. The lowest BCUT2D eigenvalue weighted by Gasteiger charge is -2.26. The second kappa shape index (κ2) is 12.5. The van der Waals surface area contributed by atoms with Crippen LogP contribution in [0.4, 0.5) is 22.7 Å². The van der Waals surface area contributed by atoms with Crippen LogP contribution >= 0.6 is 0 Å². The number of benzene rings is 8. The topological polar surface area (TPSA) is 64.6 Å². The van der Waals surface area contributed by atoms with Crippen molar-refractivity contribution in [3.63, 3.8) is 0 Å². The van der Waals surface area contributed by atoms with Crippen molar-refractivity contribution in [2.75, 3.05) is 10.3 Å². The Labute approximate surface area is 306 Å². The Morgan fingerprint density at radius 2 is 1.17 bits per heavy atom. The van der Waals surface area contributed by atoms with E-state index in [9.17, 15) is 0 Å². The summed E-state index contributed by atoms with van der Waals surface area (Å²) in [5, 5.41) is 20.3. The molecule has 9 aromatic rings. The molecule has 8 aromatic carbocycles. The average Bonchev–Trinajstić information content (AvgIpc) is 3.59. The molecule has 0 spiro atoms. The highest BCUT2D eigenvalue weighted by Crippen LogP contribution is 2.40. The fourth-order valence-corrected chi connectivity index (χ4v) is 7.47. The summed E-state index contributed by atoms with van der Waals surface area (Å²) in [6, 6.07) is 59.2. The molecule has 0 aliphatic heterocycles. The van der Waals surface area contributed by atoms with E-state index in [0.717, 1.165) is 77.7 Å². The van der Waals surface area contributed by atoms with Gasteiger partial charge >= 0.3 is 0 Å². The third-order valence-electron chi connectivity index (χ3n) is 10.1. The molecular formula is C48H32N4O. The highest BCUT2D eigenvalue weighted by Gasteiger charge is 2.21. The number of fused-ring (bicyclic) bond motifs is 7. The van der Waals surface area contributed by atoms with Crippen molar-refractivity contribution in [1.82, 2.24) is 0 Å². The van der Waals surface area contributed by atoms with Crippen molar-refractivity contribution in [2.45, 2.75) is 0 Å². The summed E-state index contributed by atoms with van der Waals surface area (Å²) >= 11 is 0. The third kappa shape index (κ3) is 5.43. The van der Waals surface area contributed by atoms with Gasteiger partial charge in [0.15, 0.2) is 0 Å². The van der Waals surface area contributed by atoms with Crippen LogP contribution in [0.5, 0.6) is 0 Å². The number of rotatable bonds is 6. The van der Waals surface area contributed by atoms with Crippen LogP contribution in [0.25, 0.3) is 60.7 Å². The molecule has 1 aliphatic carbocycles. The Bertz CT molecular complexity index is 2940. The predicted molar refractivity (Wildman–Crippen MR) is 222 cm³/mol. The Kier molecular flexibility index (Phi) is 7.22. The van der Waals surface area contributed by atoms with Gasteiger partial charge in [-0.25, -0.2) is 0 Å². The highest BCUT2D eigenvalue weighted by molar-refractivity contribution is 6.55. The third-order valence-corrected chi connectivity index (χ3v) is 10.1. The average molecular weight is 681 g/mol. The summed E-state index contributed by atoms with van der Waals surface area (Å²) in [4.78, 5) is 2.29. The first-order chi connectivity index (χ1) is 26.2. The van der Waals surface area contributed by atoms with Gasteiger partial charge in [-0.15, -0.1) is 0 Å². The van der Waals surface area contributed by atoms with E-state index in [1.807, 2.05) is 54.6 Å². The number of allylic oxidation sites excluding steroid dienone is 1. The molecule has 0 amide bonds. The van der Waals surface area contributed by atoms with Gasteiger partial charge in [-0.2, -0.15) is 5.10 Å². The standard InChI is InChI=1S/C48H32N4O/c49-44-27-21-34-16-14-33-15-17-36(29-43(33)47(34)48(44)51-50-37-10-2-1-3-11-37)32-18-22-38(23-19-32)52(39-24-20-31-8-4-5-9-35(31)28-39)40-25-26-42-41-12-6-7-13-45(41)53-46(42)30-40/h1-30,49-50H/b49-44?,51-48+. The van der Waals surface area contributed by atoms with Gasteiger partial charge in [0, 0.05) is 39.5 Å². The Balaban J connectivity index is 1.06. The highest BCUT2D eigenvalue weighted by atomic mass is 16.3. The van der Waals surface area contributed by atoms with Crippen molar-refractivity contribution >= 4 is 83.7 Å². The van der Waals surface area contributed by atoms with Crippen LogP contribution in [0, 0.1) is 5.41 Å². The molecule has 2 N–H and O–H groups in total. The van der Waals surface area contributed by atoms with Gasteiger partial charge in [-0.1, -0.05) is 109 Å². The maximum absolute atomic E-state index is 8.79. The van der Waals surface area contributed by atoms with E-state index in [0.29, 0.717) is 11.4 Å². The van der Waals surface area contributed by atoms with Crippen LogP contribution in [0.3, 0.4) is 0 Å². The molecule has 0 saturated heterocycles. The number of hydrogen-bond acceptors (Lipinski definition) is 5. The van der Waals surface area contributed by atoms with E-state index < -0.39 is 0 Å². The quantitative estimate of drug-likeness (QED) is 0.172. The van der Waals surface area contributed by atoms with Crippen LogP contribution in [-0.4, -0.2) is 11.4 Å². The van der Waals surface area contributed by atoms with Crippen molar-refractivity contribution in [1.29, 1.82) is 5.41 Å². The zero-order valence-electron chi connectivity index (χ0n) is 28.6. The molecule has 0 fully saturated rings. The number of nitrogens with zero attached hydrogens (tertiary/aromatic N) is 2. The molecule has 0 bridgehead atoms. The van der Waals surface area contributed by atoms with E-state index in [1.54, 1.807) is 0 Å². The molecule has 0 unspecified atom stereocenters. The SMILES string of the molecule is N=C1C=Cc2ccc3ccc(-c4ccc(N(c5ccc6ccccc6c5)c5ccc6c(c5)oc5ccccc56)cc4)cc3c2/C1=N/Nc1ccccc1. The van der Waals surface area contributed by atoms with Crippen LogP contribution in [0.1, 0.15) is 11.1 Å². The second-order valence-corrected chi connectivity index (χ2v) is 13.3. The second-order valence-electron chi connectivity index (χ2n) is 13.3. The van der Waals surface area contributed by atoms with Crippen molar-refractivity contribution in [2.24, 2.45) is 5.10 Å². The Morgan fingerprint density at radius 1 is 0.491 bits per heavy atom. The van der Waals surface area contributed by atoms with E-state index >= 15 is 0 Å². The molecule has 0 atom stereocenters. The smallest absolute Gasteiger partial charge is 0.137 e. The molecule has 5 nitrogen and oxygen atoms in total. The summed E-state index contributed by atoms with van der Waals surface area (Å²) in [6.07, 6.45) is 3.82. The lowest BCUT2D eigenvalue weighted by Crippen LogP contribution is -2.19. The fraction of sp³-hybridized carbons (Fsp3) is 0. The summed E-state index contributed by atoms with van der Waals surface area (Å²) in [7, 11) is 0. The lowest BCUT2D eigenvalue weighted by atomic mass is 9.88. The molecule has 10 rings (SSSR count). The molecule has 1 aliphatic rings. The monoisotopic (exact) mass is 680 g/mol. The van der Waals surface area contributed by atoms with Crippen LogP contribution in [-0.2, 0) is 0 Å². The predicted octanol–water partition coefficient (Wildman–Crippen LogP) is 12.9. The lowest BCUT2D eigenvalue weighted by molar-refractivity contribution is 0.669. The van der Waals surface area contributed by atoms with Crippen LogP contribution in [0.15, 0.2) is 185 Å². The van der Waals surface area contributed by atoms with Gasteiger partial charge in [0.05, 0.1) is 11.4 Å². The van der Waals surface area contributed by atoms with Crippen LogP contribution in [0.2, 0.25) is 0 Å². The molecule has 0 saturated carbocycles. The zero-order chi connectivity index (χ0) is 35.3. The van der Waals surface area contributed by atoms with E-state index in [2.05, 4.69) is 138 Å². The van der Waals surface area contributed by atoms with Gasteiger partial charge in [-0.05, 0) is 105 Å². The minimum atomic E-state index is 0.373. The maximum atomic E-state index is 8.79. The zero-order valence-corrected chi connectivity index (χ0v) is 28.6. The first-order valence-corrected chi connectivity index (χ1v) is 17.7. The van der Waals surface area contributed by atoms with Crippen molar-refractivity contribution < 1.29 is 4.42 Å². The summed E-state index contributed by atoms with van der Waals surface area (Å²) in [5.41, 5.74) is 14.1. The molecule has 250 valence electrons. The fourth-order valence-electron chi connectivity index (χ4n) is 7.47. The number of nitrogens with one attached hydrogen (secondary N) is 2. The number of para-hydroxylation sites is 2. The molecule has 0 radical (unpaired) electrons. The normalized spacial score (nSPS) is 13.3. The summed E-state index contributed by atoms with van der Waals surface area (Å²) < 4.78 is 6.33. The number of hydrazone groups is 1. The number of anilines is 4. The minimum absolute atomic E-state index is 0.373. The van der Waals surface area contributed by atoms with Gasteiger partial charge in [0.25, 0.3) is 0 Å². The Morgan fingerprint density at radius 3 is 2.06 bits per heavy atom. The summed E-state index contributed by atoms with van der Waals surface area (Å²) in [5.74, 6) is 0. The summed E-state index contributed by atoms with van der Waals surface area (Å²) in [6.45, 7) is 0. The maximum Gasteiger partial charge on any atom is 0.137 e. The first-order valence-electron chi connectivity index (χ1n) is 17.7. The van der Waals surface area contributed by atoms with Crippen molar-refractivity contribution in [3.8, 4) is 11.1 Å². The van der Waals surface area contributed by atoms with Gasteiger partial charge in [-0.3, -0.25) is 10.8 Å².